The molecule has 0 bridgehead atoms. The van der Waals surface area contributed by atoms with E-state index in [1.165, 1.54) is 44.9 Å². The molecule has 3 rings (SSSR count). The summed E-state index contributed by atoms with van der Waals surface area (Å²) in [5.74, 6) is 2.33. The fourth-order valence-electron chi connectivity index (χ4n) is 4.13. The Hall–Kier alpha value is -0.570. The molecule has 1 N–H and O–H groups in total. The largest absolute Gasteiger partial charge is 0.325 e. The topological polar surface area (TPSA) is 32.3 Å². The molecule has 3 nitrogen and oxygen atoms in total. The van der Waals surface area contributed by atoms with Crippen LogP contribution in [0.1, 0.15) is 65.2 Å². The van der Waals surface area contributed by atoms with Crippen molar-refractivity contribution in [1.82, 2.24) is 10.2 Å². The van der Waals surface area contributed by atoms with Crippen LogP contribution in [0.2, 0.25) is 0 Å². The normalized spacial score (nSPS) is 33.7. The minimum absolute atomic E-state index is 0.0747. The minimum Gasteiger partial charge on any atom is -0.325 e. The summed E-state index contributed by atoms with van der Waals surface area (Å²) in [6, 6.07) is 0.0747. The molecule has 1 saturated heterocycles. The van der Waals surface area contributed by atoms with Crippen molar-refractivity contribution in [2.75, 3.05) is 6.54 Å². The van der Waals surface area contributed by atoms with Gasteiger partial charge in [-0.1, -0.05) is 39.5 Å². The fourth-order valence-corrected chi connectivity index (χ4v) is 4.13. The Morgan fingerprint density at radius 1 is 1.20 bits per heavy atom. The van der Waals surface area contributed by atoms with Crippen LogP contribution in [-0.2, 0) is 4.79 Å². The molecule has 0 radical (unpaired) electrons. The van der Waals surface area contributed by atoms with E-state index in [9.17, 15) is 4.79 Å². The molecule has 3 heteroatoms. The number of hydrogen-bond donors (Lipinski definition) is 1. The Kier molecular flexibility index (Phi) is 4.34. The summed E-state index contributed by atoms with van der Waals surface area (Å²) in [5, 5.41) is 3.71. The van der Waals surface area contributed by atoms with Gasteiger partial charge < -0.3 is 4.90 Å². The van der Waals surface area contributed by atoms with E-state index in [0.29, 0.717) is 23.9 Å². The molecule has 0 spiro atoms. The van der Waals surface area contributed by atoms with Crippen molar-refractivity contribution in [2.24, 2.45) is 17.8 Å². The van der Waals surface area contributed by atoms with E-state index in [2.05, 4.69) is 24.1 Å². The molecular weight excluding hydrogens is 248 g/mol. The lowest BCUT2D eigenvalue weighted by atomic mass is 9.84. The molecule has 3 unspecified atom stereocenters. The van der Waals surface area contributed by atoms with Crippen LogP contribution in [0.5, 0.6) is 0 Å². The third-order valence-corrected chi connectivity index (χ3v) is 5.97. The first-order chi connectivity index (χ1) is 9.70. The van der Waals surface area contributed by atoms with E-state index in [1.807, 2.05) is 0 Å². The Bertz CT molecular complexity index is 347. The molecule has 0 aromatic rings. The van der Waals surface area contributed by atoms with E-state index in [4.69, 9.17) is 0 Å². The first-order valence-electron chi connectivity index (χ1n) is 8.77. The lowest BCUT2D eigenvalue weighted by Gasteiger charge is -2.35. The summed E-state index contributed by atoms with van der Waals surface area (Å²) >= 11 is 0. The van der Waals surface area contributed by atoms with Crippen molar-refractivity contribution in [3.63, 3.8) is 0 Å². The zero-order valence-corrected chi connectivity index (χ0v) is 13.1. The Morgan fingerprint density at radius 3 is 2.45 bits per heavy atom. The lowest BCUT2D eigenvalue weighted by molar-refractivity contribution is -0.132. The van der Waals surface area contributed by atoms with Gasteiger partial charge in [0.2, 0.25) is 5.91 Å². The molecule has 1 aliphatic heterocycles. The smallest absolute Gasteiger partial charge is 0.241 e. The van der Waals surface area contributed by atoms with Gasteiger partial charge in [0.1, 0.15) is 0 Å². The fraction of sp³-hybridized carbons (Fsp3) is 0.941. The van der Waals surface area contributed by atoms with E-state index in [0.717, 1.165) is 18.9 Å². The average molecular weight is 278 g/mol. The first-order valence-corrected chi connectivity index (χ1v) is 8.77. The number of carbonyl (C=O) groups is 1. The van der Waals surface area contributed by atoms with Crippen LogP contribution in [0.25, 0.3) is 0 Å². The third-order valence-electron chi connectivity index (χ3n) is 5.97. The van der Waals surface area contributed by atoms with Crippen LogP contribution in [-0.4, -0.2) is 29.6 Å². The molecular formula is C17H30N2O. The summed E-state index contributed by atoms with van der Waals surface area (Å²) in [4.78, 5) is 15.0. The number of nitrogens with one attached hydrogen (secondary N) is 1. The Balaban J connectivity index is 1.72. The molecule has 114 valence electrons. The summed E-state index contributed by atoms with van der Waals surface area (Å²) < 4.78 is 0. The van der Waals surface area contributed by atoms with E-state index in [-0.39, 0.29) is 6.04 Å². The zero-order chi connectivity index (χ0) is 14.1. The molecule has 1 amide bonds. The van der Waals surface area contributed by atoms with Crippen molar-refractivity contribution in [2.45, 2.75) is 77.4 Å². The third kappa shape index (κ3) is 2.61. The van der Waals surface area contributed by atoms with Gasteiger partial charge in [0.05, 0.1) is 12.2 Å². The van der Waals surface area contributed by atoms with Crippen molar-refractivity contribution in [3.8, 4) is 0 Å². The number of carbonyl (C=O) groups excluding carboxylic acids is 1. The van der Waals surface area contributed by atoms with Crippen LogP contribution in [0.3, 0.4) is 0 Å². The van der Waals surface area contributed by atoms with E-state index in [1.54, 1.807) is 0 Å². The molecule has 3 aliphatic rings. The number of hydrogen-bond acceptors (Lipinski definition) is 2. The van der Waals surface area contributed by atoms with E-state index >= 15 is 0 Å². The van der Waals surface area contributed by atoms with Gasteiger partial charge in [0, 0.05) is 6.54 Å². The Labute approximate surface area is 123 Å². The second-order valence-corrected chi connectivity index (χ2v) is 7.31. The van der Waals surface area contributed by atoms with Gasteiger partial charge in [0.25, 0.3) is 0 Å². The van der Waals surface area contributed by atoms with Gasteiger partial charge in [-0.15, -0.1) is 0 Å². The first kappa shape index (κ1) is 14.4. The van der Waals surface area contributed by atoms with Crippen LogP contribution in [0.15, 0.2) is 0 Å². The molecule has 2 saturated carbocycles. The quantitative estimate of drug-likeness (QED) is 0.838. The zero-order valence-electron chi connectivity index (χ0n) is 13.1. The predicted molar refractivity (Wildman–Crippen MR) is 81.2 cm³/mol. The van der Waals surface area contributed by atoms with Crippen molar-refractivity contribution < 1.29 is 4.79 Å². The molecule has 1 heterocycles. The molecule has 3 fully saturated rings. The van der Waals surface area contributed by atoms with E-state index < -0.39 is 0 Å². The number of amides is 1. The lowest BCUT2D eigenvalue weighted by Crippen LogP contribution is -2.45. The SMILES string of the molecule is CCC(C)C1NC(C2CCCC2)N(CC2CCC2)C1=O. The van der Waals surface area contributed by atoms with Crippen LogP contribution < -0.4 is 5.32 Å². The summed E-state index contributed by atoms with van der Waals surface area (Å²) in [5.41, 5.74) is 0. The molecule has 3 atom stereocenters. The average Bonchev–Trinajstić information content (AvgIpc) is 3.01. The second-order valence-electron chi connectivity index (χ2n) is 7.31. The highest BCUT2D eigenvalue weighted by Gasteiger charge is 2.45. The molecule has 0 aromatic carbocycles. The van der Waals surface area contributed by atoms with Crippen molar-refractivity contribution >= 4 is 5.91 Å². The summed E-state index contributed by atoms with van der Waals surface area (Å²) in [7, 11) is 0. The monoisotopic (exact) mass is 278 g/mol. The van der Waals surface area contributed by atoms with Crippen LogP contribution >= 0.6 is 0 Å². The van der Waals surface area contributed by atoms with Gasteiger partial charge in [0.15, 0.2) is 0 Å². The maximum atomic E-state index is 12.8. The number of rotatable bonds is 5. The van der Waals surface area contributed by atoms with Crippen molar-refractivity contribution in [1.29, 1.82) is 0 Å². The van der Waals surface area contributed by atoms with Gasteiger partial charge in [-0.3, -0.25) is 10.1 Å². The minimum atomic E-state index is 0.0747. The highest BCUT2D eigenvalue weighted by Crippen LogP contribution is 2.36. The van der Waals surface area contributed by atoms with Gasteiger partial charge in [-0.25, -0.2) is 0 Å². The highest BCUT2D eigenvalue weighted by molar-refractivity contribution is 5.84. The van der Waals surface area contributed by atoms with Gasteiger partial charge in [-0.2, -0.15) is 0 Å². The molecule has 2 aliphatic carbocycles. The molecule has 0 aromatic heterocycles. The molecule has 20 heavy (non-hydrogen) atoms. The van der Waals surface area contributed by atoms with Crippen LogP contribution in [0.4, 0.5) is 0 Å². The second kappa shape index (κ2) is 6.05. The van der Waals surface area contributed by atoms with Gasteiger partial charge in [-0.05, 0) is 43.4 Å². The summed E-state index contributed by atoms with van der Waals surface area (Å²) in [6.07, 6.45) is 10.7. The van der Waals surface area contributed by atoms with Gasteiger partial charge >= 0.3 is 0 Å². The maximum Gasteiger partial charge on any atom is 0.241 e. The number of nitrogens with zero attached hydrogens (tertiary/aromatic N) is 1. The Morgan fingerprint density at radius 2 is 1.90 bits per heavy atom. The predicted octanol–water partition coefficient (Wildman–Crippen LogP) is 3.15. The standard InChI is InChI=1S/C17H30N2O/c1-3-12(2)15-17(20)19(11-13-7-6-8-13)16(18-15)14-9-4-5-10-14/h12-16,18H,3-11H2,1-2H3. The highest BCUT2D eigenvalue weighted by atomic mass is 16.2. The van der Waals surface area contributed by atoms with Crippen LogP contribution in [0, 0.1) is 17.8 Å². The van der Waals surface area contributed by atoms with Crippen molar-refractivity contribution in [3.05, 3.63) is 0 Å². The summed E-state index contributed by atoms with van der Waals surface area (Å²) in [6.45, 7) is 5.42. The maximum absolute atomic E-state index is 12.8.